The van der Waals surface area contributed by atoms with Gasteiger partial charge < -0.3 is 25.0 Å². The average Bonchev–Trinajstić information content (AvgIpc) is 3.24. The smallest absolute Gasteiger partial charge is 0.272 e. The second-order valence-electron chi connectivity index (χ2n) is 8.98. The van der Waals surface area contributed by atoms with Crippen LogP contribution in [0.4, 0.5) is 0 Å². The van der Waals surface area contributed by atoms with Crippen molar-refractivity contribution in [2.75, 3.05) is 27.8 Å². The van der Waals surface area contributed by atoms with E-state index in [1.807, 2.05) is 6.07 Å². The number of hydrogen-bond acceptors (Lipinski definition) is 6. The van der Waals surface area contributed by atoms with Crippen molar-refractivity contribution in [1.82, 2.24) is 25.3 Å². The van der Waals surface area contributed by atoms with Crippen molar-refractivity contribution in [3.63, 3.8) is 0 Å². The summed E-state index contributed by atoms with van der Waals surface area (Å²) in [5, 5.41) is 10.1. The molecule has 1 aromatic carbocycles. The summed E-state index contributed by atoms with van der Waals surface area (Å²) in [7, 11) is 4.67. The molecule has 0 saturated carbocycles. The number of amides is 3. The van der Waals surface area contributed by atoms with E-state index in [-0.39, 0.29) is 36.3 Å². The number of carbonyl (C=O) groups is 3. The molecule has 3 amide bonds. The standard InChI is InChI=1S/C24H33N5O5/c1-15(2)10-11-25-23(32)24(3)14-29-18(22(31)28(24)4)12-17(27-29)21(30)26-13-16-8-7-9-19(33-5)20(16)34-6/h7-9,12,15H,10-11,13-14H2,1-6H3,(H,25,32)(H,26,30). The Morgan fingerprint density at radius 2 is 1.94 bits per heavy atom. The fraction of sp³-hybridized carbons (Fsp3) is 0.500. The van der Waals surface area contributed by atoms with Crippen LogP contribution in [-0.4, -0.2) is 65.8 Å². The maximum absolute atomic E-state index is 13.0. The molecule has 10 nitrogen and oxygen atoms in total. The summed E-state index contributed by atoms with van der Waals surface area (Å²) in [6.45, 7) is 6.73. The van der Waals surface area contributed by atoms with E-state index in [9.17, 15) is 14.4 Å². The van der Waals surface area contributed by atoms with Crippen LogP contribution in [0.15, 0.2) is 24.3 Å². The van der Waals surface area contributed by atoms with Gasteiger partial charge in [0.25, 0.3) is 11.8 Å². The molecule has 1 atom stereocenters. The van der Waals surface area contributed by atoms with Gasteiger partial charge in [0, 0.05) is 31.8 Å². The number of rotatable bonds is 9. The van der Waals surface area contributed by atoms with E-state index in [1.165, 1.54) is 22.8 Å². The van der Waals surface area contributed by atoms with Gasteiger partial charge in [0.2, 0.25) is 5.91 Å². The highest BCUT2D eigenvalue weighted by atomic mass is 16.5. The molecular weight excluding hydrogens is 438 g/mol. The minimum atomic E-state index is -1.12. The normalized spacial score (nSPS) is 17.4. The molecule has 2 aromatic rings. The van der Waals surface area contributed by atoms with Crippen molar-refractivity contribution in [2.45, 2.75) is 45.8 Å². The molecule has 184 valence electrons. The van der Waals surface area contributed by atoms with Crippen LogP contribution in [0.2, 0.25) is 0 Å². The zero-order valence-corrected chi connectivity index (χ0v) is 20.6. The van der Waals surface area contributed by atoms with Crippen LogP contribution >= 0.6 is 0 Å². The fourth-order valence-corrected chi connectivity index (χ4v) is 3.86. The van der Waals surface area contributed by atoms with Gasteiger partial charge in [0.1, 0.15) is 11.2 Å². The minimum absolute atomic E-state index is 0.100. The van der Waals surface area contributed by atoms with Crippen LogP contribution in [-0.2, 0) is 17.9 Å². The number of ether oxygens (including phenoxy) is 2. The Morgan fingerprint density at radius 3 is 2.59 bits per heavy atom. The summed E-state index contributed by atoms with van der Waals surface area (Å²) in [6, 6.07) is 6.85. The van der Waals surface area contributed by atoms with Gasteiger partial charge in [0.15, 0.2) is 17.2 Å². The lowest BCUT2D eigenvalue weighted by molar-refractivity contribution is -0.132. The van der Waals surface area contributed by atoms with Crippen molar-refractivity contribution in [1.29, 1.82) is 0 Å². The maximum Gasteiger partial charge on any atom is 0.272 e. The molecule has 1 unspecified atom stereocenters. The first kappa shape index (κ1) is 25.1. The Morgan fingerprint density at radius 1 is 1.21 bits per heavy atom. The number of aromatic nitrogens is 2. The third-order valence-corrected chi connectivity index (χ3v) is 6.15. The SMILES string of the molecule is COc1cccc(CNC(=O)c2cc3n(n2)CC(C)(C(=O)NCCC(C)C)N(C)C3=O)c1OC. The molecule has 0 spiro atoms. The van der Waals surface area contributed by atoms with Crippen molar-refractivity contribution in [3.05, 3.63) is 41.2 Å². The molecule has 1 aliphatic heterocycles. The first-order valence-electron chi connectivity index (χ1n) is 11.2. The lowest BCUT2D eigenvalue weighted by atomic mass is 9.95. The Balaban J connectivity index is 1.75. The molecule has 0 saturated heterocycles. The molecule has 1 aromatic heterocycles. The largest absolute Gasteiger partial charge is 0.493 e. The first-order valence-corrected chi connectivity index (χ1v) is 11.2. The topological polar surface area (TPSA) is 115 Å². The van der Waals surface area contributed by atoms with E-state index in [4.69, 9.17) is 9.47 Å². The van der Waals surface area contributed by atoms with Crippen molar-refractivity contribution in [2.24, 2.45) is 5.92 Å². The molecular formula is C24H33N5O5. The zero-order chi connectivity index (χ0) is 25.0. The maximum atomic E-state index is 13.0. The van der Waals surface area contributed by atoms with Crippen molar-refractivity contribution >= 4 is 17.7 Å². The highest BCUT2D eigenvalue weighted by Gasteiger charge is 2.46. The van der Waals surface area contributed by atoms with Crippen LogP contribution < -0.4 is 20.1 Å². The Bertz CT molecular complexity index is 1080. The van der Waals surface area contributed by atoms with Gasteiger partial charge in [-0.25, -0.2) is 0 Å². The summed E-state index contributed by atoms with van der Waals surface area (Å²) >= 11 is 0. The number of benzene rings is 1. The van der Waals surface area contributed by atoms with Gasteiger partial charge in [-0.05, 0) is 25.3 Å². The van der Waals surface area contributed by atoms with Crippen LogP contribution in [0, 0.1) is 5.92 Å². The number of carbonyl (C=O) groups excluding carboxylic acids is 3. The van der Waals surface area contributed by atoms with Gasteiger partial charge in [-0.1, -0.05) is 26.0 Å². The van der Waals surface area contributed by atoms with E-state index < -0.39 is 11.4 Å². The second-order valence-corrected chi connectivity index (χ2v) is 8.98. The second kappa shape index (κ2) is 10.1. The first-order chi connectivity index (χ1) is 16.1. The highest BCUT2D eigenvalue weighted by molar-refractivity contribution is 6.01. The van der Waals surface area contributed by atoms with Gasteiger partial charge in [-0.3, -0.25) is 19.1 Å². The monoisotopic (exact) mass is 471 g/mol. The Hall–Kier alpha value is -3.56. The number of fused-ring (bicyclic) bond motifs is 1. The summed E-state index contributed by atoms with van der Waals surface area (Å²) < 4.78 is 12.1. The van der Waals surface area contributed by atoms with E-state index in [2.05, 4.69) is 29.6 Å². The number of nitrogens with one attached hydrogen (secondary N) is 2. The molecule has 2 N–H and O–H groups in total. The third kappa shape index (κ3) is 4.85. The third-order valence-electron chi connectivity index (χ3n) is 6.15. The van der Waals surface area contributed by atoms with Gasteiger partial charge >= 0.3 is 0 Å². The predicted octanol–water partition coefficient (Wildman–Crippen LogP) is 1.84. The zero-order valence-electron chi connectivity index (χ0n) is 20.6. The predicted molar refractivity (Wildman–Crippen MR) is 126 cm³/mol. The quantitative estimate of drug-likeness (QED) is 0.577. The lowest BCUT2D eigenvalue weighted by Crippen LogP contribution is -2.62. The van der Waals surface area contributed by atoms with E-state index in [0.29, 0.717) is 24.0 Å². The molecule has 1 aliphatic rings. The van der Waals surface area contributed by atoms with Crippen LogP contribution in [0.25, 0.3) is 0 Å². The molecule has 0 bridgehead atoms. The highest BCUT2D eigenvalue weighted by Crippen LogP contribution is 2.30. The summed E-state index contributed by atoms with van der Waals surface area (Å²) in [6.07, 6.45) is 0.842. The number of para-hydroxylation sites is 1. The molecule has 3 rings (SSSR count). The van der Waals surface area contributed by atoms with Gasteiger partial charge in [-0.2, -0.15) is 5.10 Å². The molecule has 34 heavy (non-hydrogen) atoms. The summed E-state index contributed by atoms with van der Waals surface area (Å²) in [4.78, 5) is 40.2. The molecule has 10 heteroatoms. The van der Waals surface area contributed by atoms with Crippen molar-refractivity contribution in [3.8, 4) is 11.5 Å². The number of likely N-dealkylation sites (N-methyl/N-ethyl adjacent to an activating group) is 1. The van der Waals surface area contributed by atoms with Crippen LogP contribution in [0.5, 0.6) is 11.5 Å². The van der Waals surface area contributed by atoms with E-state index in [1.54, 1.807) is 33.2 Å². The average molecular weight is 472 g/mol. The fourth-order valence-electron chi connectivity index (χ4n) is 3.86. The van der Waals surface area contributed by atoms with Crippen LogP contribution in [0.3, 0.4) is 0 Å². The number of nitrogens with zero attached hydrogens (tertiary/aromatic N) is 3. The van der Waals surface area contributed by atoms with Gasteiger partial charge in [-0.15, -0.1) is 0 Å². The number of methoxy groups -OCH3 is 2. The van der Waals surface area contributed by atoms with E-state index in [0.717, 1.165) is 12.0 Å². The van der Waals surface area contributed by atoms with Gasteiger partial charge in [0.05, 0.1) is 20.8 Å². The summed E-state index contributed by atoms with van der Waals surface area (Å²) in [5.74, 6) is 0.492. The molecule has 0 radical (unpaired) electrons. The molecule has 0 aliphatic carbocycles. The Labute approximate surface area is 199 Å². The minimum Gasteiger partial charge on any atom is -0.493 e. The van der Waals surface area contributed by atoms with Crippen molar-refractivity contribution < 1.29 is 23.9 Å². The lowest BCUT2D eigenvalue weighted by Gasteiger charge is -2.40. The molecule has 2 heterocycles. The molecule has 0 fully saturated rings. The van der Waals surface area contributed by atoms with Crippen LogP contribution in [0.1, 0.15) is 53.7 Å². The summed E-state index contributed by atoms with van der Waals surface area (Å²) in [5.41, 5.74) is -0.0165. The Kier molecular flexibility index (Phi) is 7.48. The van der Waals surface area contributed by atoms with E-state index >= 15 is 0 Å². The number of hydrogen-bond donors (Lipinski definition) is 2.